The first-order valence-corrected chi connectivity index (χ1v) is 12.0. The van der Waals surface area contributed by atoms with Gasteiger partial charge in [-0.05, 0) is 42.9 Å². The number of carbonyl (C=O) groups excluding carboxylic acids is 1. The Labute approximate surface area is 213 Å². The minimum absolute atomic E-state index is 0.0133. The number of halogens is 5. The Hall–Kier alpha value is -2.63. The van der Waals surface area contributed by atoms with Gasteiger partial charge in [0.2, 0.25) is 0 Å². The lowest BCUT2D eigenvalue weighted by atomic mass is 9.99. The molecule has 0 spiro atoms. The zero-order chi connectivity index (χ0) is 28.3. The highest BCUT2D eigenvalue weighted by Gasteiger charge is 2.56. The SMILES string of the molecule is CCOC(Cc1ccc(OCCN(CCCCC(F)(F)C(F)(F)F)C(=O)OCC(C)(C)C)cc1)C(=O)O. The molecule has 0 saturated carbocycles. The zero-order valence-electron chi connectivity index (χ0n) is 21.6. The molecule has 212 valence electrons. The van der Waals surface area contributed by atoms with E-state index >= 15 is 0 Å². The van der Waals surface area contributed by atoms with Gasteiger partial charge in [0, 0.05) is 26.0 Å². The van der Waals surface area contributed by atoms with Crippen molar-refractivity contribution in [1.82, 2.24) is 4.90 Å². The van der Waals surface area contributed by atoms with Gasteiger partial charge >= 0.3 is 24.2 Å². The summed E-state index contributed by atoms with van der Waals surface area (Å²) in [6.45, 7) is 7.57. The first-order chi connectivity index (χ1) is 17.1. The standard InChI is InChI=1S/C25H36F5NO6/c1-5-35-20(21(32)33)16-18-8-10-19(11-9-18)36-15-14-31(22(34)37-17-23(2,3)4)13-7-6-12-24(26,27)25(28,29)30/h8-11,20H,5-7,12-17H2,1-4H3,(H,32,33). The van der Waals surface area contributed by atoms with Gasteiger partial charge < -0.3 is 24.2 Å². The molecule has 1 N–H and O–H groups in total. The summed E-state index contributed by atoms with van der Waals surface area (Å²) in [6.07, 6.45) is -9.00. The molecule has 1 aromatic rings. The Morgan fingerprint density at radius 1 is 1.00 bits per heavy atom. The molecule has 0 fully saturated rings. The molecule has 0 aromatic heterocycles. The van der Waals surface area contributed by atoms with E-state index in [9.17, 15) is 36.6 Å². The number of alkyl halides is 5. The van der Waals surface area contributed by atoms with Crippen LogP contribution in [-0.2, 0) is 20.7 Å². The smallest absolute Gasteiger partial charge is 0.453 e. The summed E-state index contributed by atoms with van der Waals surface area (Å²) in [6, 6.07) is 6.62. The lowest BCUT2D eigenvalue weighted by molar-refractivity contribution is -0.284. The van der Waals surface area contributed by atoms with Crippen molar-refractivity contribution in [2.45, 2.75) is 71.6 Å². The van der Waals surface area contributed by atoms with Crippen LogP contribution in [0, 0.1) is 5.41 Å². The lowest BCUT2D eigenvalue weighted by Gasteiger charge is -2.25. The van der Waals surface area contributed by atoms with Gasteiger partial charge in [0.25, 0.3) is 0 Å². The monoisotopic (exact) mass is 541 g/mol. The minimum atomic E-state index is -5.61. The molecule has 7 nitrogen and oxygen atoms in total. The lowest BCUT2D eigenvalue weighted by Crippen LogP contribution is -2.38. The van der Waals surface area contributed by atoms with E-state index in [-0.39, 0.29) is 51.2 Å². The van der Waals surface area contributed by atoms with E-state index in [1.165, 1.54) is 4.90 Å². The van der Waals surface area contributed by atoms with Crippen LogP contribution in [0.1, 0.15) is 52.5 Å². The molecule has 1 amide bonds. The maximum absolute atomic E-state index is 13.1. The van der Waals surface area contributed by atoms with Gasteiger partial charge in [0.05, 0.1) is 13.2 Å². The van der Waals surface area contributed by atoms with E-state index in [0.29, 0.717) is 5.75 Å². The number of rotatable bonds is 15. The second kappa shape index (κ2) is 14.3. The number of carboxylic acids is 1. The molecule has 0 saturated heterocycles. The van der Waals surface area contributed by atoms with Crippen molar-refractivity contribution in [2.24, 2.45) is 5.41 Å². The van der Waals surface area contributed by atoms with Crippen molar-refractivity contribution in [3.8, 4) is 5.75 Å². The van der Waals surface area contributed by atoms with Gasteiger partial charge in [-0.25, -0.2) is 9.59 Å². The summed E-state index contributed by atoms with van der Waals surface area (Å²) >= 11 is 0. The van der Waals surface area contributed by atoms with E-state index in [1.807, 2.05) is 20.8 Å². The van der Waals surface area contributed by atoms with Crippen LogP contribution in [0.4, 0.5) is 26.7 Å². The Bertz CT molecular complexity index is 839. The number of unbranched alkanes of at least 4 members (excludes halogenated alkanes) is 1. The second-order valence-corrected chi connectivity index (χ2v) is 9.74. The summed E-state index contributed by atoms with van der Waals surface area (Å²) in [7, 11) is 0. The predicted octanol–water partition coefficient (Wildman–Crippen LogP) is 5.95. The van der Waals surface area contributed by atoms with Crippen LogP contribution in [-0.4, -0.2) is 73.2 Å². The van der Waals surface area contributed by atoms with Crippen LogP contribution in [0.2, 0.25) is 0 Å². The van der Waals surface area contributed by atoms with Crippen LogP contribution in [0.15, 0.2) is 24.3 Å². The number of hydrogen-bond donors (Lipinski definition) is 1. The number of amides is 1. The van der Waals surface area contributed by atoms with Crippen LogP contribution >= 0.6 is 0 Å². The average molecular weight is 542 g/mol. The van der Waals surface area contributed by atoms with Crippen molar-refractivity contribution in [2.75, 3.05) is 32.9 Å². The maximum atomic E-state index is 13.1. The molecular weight excluding hydrogens is 505 g/mol. The largest absolute Gasteiger partial charge is 0.492 e. The average Bonchev–Trinajstić information content (AvgIpc) is 2.78. The van der Waals surface area contributed by atoms with E-state index < -0.39 is 43.1 Å². The molecule has 1 aromatic carbocycles. The van der Waals surface area contributed by atoms with Gasteiger partial charge in [0.1, 0.15) is 12.4 Å². The molecule has 0 heterocycles. The molecule has 1 unspecified atom stereocenters. The molecule has 0 aliphatic carbocycles. The number of benzene rings is 1. The molecule has 0 bridgehead atoms. The molecule has 0 aliphatic rings. The number of aliphatic carboxylic acids is 1. The quantitative estimate of drug-likeness (QED) is 0.218. The van der Waals surface area contributed by atoms with Crippen molar-refractivity contribution in [3.63, 3.8) is 0 Å². The Morgan fingerprint density at radius 2 is 1.62 bits per heavy atom. The van der Waals surface area contributed by atoms with Gasteiger partial charge in [0.15, 0.2) is 6.10 Å². The third-order valence-electron chi connectivity index (χ3n) is 5.09. The fourth-order valence-electron chi connectivity index (χ4n) is 3.08. The maximum Gasteiger partial charge on any atom is 0.453 e. The molecule has 37 heavy (non-hydrogen) atoms. The third kappa shape index (κ3) is 12.4. The Balaban J connectivity index is 2.67. The fraction of sp³-hybridized carbons (Fsp3) is 0.680. The first-order valence-electron chi connectivity index (χ1n) is 12.0. The molecule has 1 rings (SSSR count). The normalized spacial score (nSPS) is 13.2. The van der Waals surface area contributed by atoms with Crippen LogP contribution in [0.5, 0.6) is 5.75 Å². The van der Waals surface area contributed by atoms with Gasteiger partial charge in [-0.1, -0.05) is 32.9 Å². The summed E-state index contributed by atoms with van der Waals surface area (Å²) in [4.78, 5) is 24.9. The van der Waals surface area contributed by atoms with E-state index in [1.54, 1.807) is 31.2 Å². The molecule has 1 atom stereocenters. The number of ether oxygens (including phenoxy) is 3. The van der Waals surface area contributed by atoms with E-state index in [0.717, 1.165) is 5.56 Å². The summed E-state index contributed by atoms with van der Waals surface area (Å²) in [5.41, 5.74) is 0.395. The first kappa shape index (κ1) is 32.4. The van der Waals surface area contributed by atoms with Crippen LogP contribution < -0.4 is 4.74 Å². The van der Waals surface area contributed by atoms with Crippen molar-refractivity contribution in [1.29, 1.82) is 0 Å². The minimum Gasteiger partial charge on any atom is -0.492 e. The van der Waals surface area contributed by atoms with Crippen molar-refractivity contribution < 1.29 is 50.9 Å². The highest BCUT2D eigenvalue weighted by Crippen LogP contribution is 2.39. The second-order valence-electron chi connectivity index (χ2n) is 9.74. The van der Waals surface area contributed by atoms with Gasteiger partial charge in [-0.2, -0.15) is 22.0 Å². The molecule has 0 radical (unpaired) electrons. The number of carboxylic acid groups (broad SMARTS) is 1. The van der Waals surface area contributed by atoms with Crippen LogP contribution in [0.3, 0.4) is 0 Å². The van der Waals surface area contributed by atoms with E-state index in [2.05, 4.69) is 0 Å². The highest BCUT2D eigenvalue weighted by molar-refractivity contribution is 5.72. The summed E-state index contributed by atoms with van der Waals surface area (Å²) in [5.74, 6) is -5.41. The molecule has 12 heteroatoms. The molecular formula is C25H36F5NO6. The Kier molecular flexibility index (Phi) is 12.6. The highest BCUT2D eigenvalue weighted by atomic mass is 19.4. The van der Waals surface area contributed by atoms with Gasteiger partial charge in [-0.15, -0.1) is 0 Å². The topological polar surface area (TPSA) is 85.3 Å². The fourth-order valence-corrected chi connectivity index (χ4v) is 3.08. The Morgan fingerprint density at radius 3 is 2.14 bits per heavy atom. The number of hydrogen-bond acceptors (Lipinski definition) is 5. The number of carbonyl (C=O) groups is 2. The molecule has 0 aliphatic heterocycles. The zero-order valence-corrected chi connectivity index (χ0v) is 21.6. The summed E-state index contributed by atoms with van der Waals surface area (Å²) < 4.78 is 79.5. The van der Waals surface area contributed by atoms with E-state index in [4.69, 9.17) is 14.2 Å². The predicted molar refractivity (Wildman–Crippen MR) is 126 cm³/mol. The van der Waals surface area contributed by atoms with Crippen molar-refractivity contribution >= 4 is 12.1 Å². The summed E-state index contributed by atoms with van der Waals surface area (Å²) in [5, 5.41) is 9.19. The third-order valence-corrected chi connectivity index (χ3v) is 5.09. The van der Waals surface area contributed by atoms with Gasteiger partial charge in [-0.3, -0.25) is 0 Å². The van der Waals surface area contributed by atoms with Crippen LogP contribution in [0.25, 0.3) is 0 Å². The number of nitrogens with zero attached hydrogens (tertiary/aromatic N) is 1. The van der Waals surface area contributed by atoms with Crippen molar-refractivity contribution in [3.05, 3.63) is 29.8 Å².